The summed E-state index contributed by atoms with van der Waals surface area (Å²) in [6.07, 6.45) is 0. The molecule has 0 bridgehead atoms. The van der Waals surface area contributed by atoms with Crippen LogP contribution in [0.15, 0.2) is 45.3 Å². The summed E-state index contributed by atoms with van der Waals surface area (Å²) in [5.74, 6) is 0.214. The Morgan fingerprint density at radius 2 is 1.80 bits per heavy atom. The van der Waals surface area contributed by atoms with Crippen molar-refractivity contribution in [3.63, 3.8) is 0 Å². The van der Waals surface area contributed by atoms with E-state index in [0.717, 1.165) is 8.95 Å². The molecule has 0 unspecified atom stereocenters. The number of ether oxygens (including phenoxy) is 1. The number of rotatable bonds is 3. The predicted octanol–water partition coefficient (Wildman–Crippen LogP) is 5.13. The molecule has 0 spiro atoms. The molecule has 20 heavy (non-hydrogen) atoms. The van der Waals surface area contributed by atoms with Gasteiger partial charge in [0.05, 0.1) is 23.4 Å². The fourth-order valence-corrected chi connectivity index (χ4v) is 2.72. The fourth-order valence-electron chi connectivity index (χ4n) is 1.64. The number of hydrogen-bond donors (Lipinski definition) is 1. The molecule has 6 heteroatoms. The number of anilines is 1. The lowest BCUT2D eigenvalue weighted by molar-refractivity contribution is 0.102. The number of nitrogens with one attached hydrogen (secondary N) is 1. The normalized spacial score (nSPS) is 10.2. The average molecular weight is 420 g/mol. The summed E-state index contributed by atoms with van der Waals surface area (Å²) < 4.78 is 6.83. The van der Waals surface area contributed by atoms with Gasteiger partial charge < -0.3 is 10.1 Å². The second kappa shape index (κ2) is 6.61. The molecule has 2 rings (SSSR count). The second-order valence-electron chi connectivity index (χ2n) is 3.92. The third-order valence-electron chi connectivity index (χ3n) is 2.59. The van der Waals surface area contributed by atoms with Crippen molar-refractivity contribution < 1.29 is 9.53 Å². The van der Waals surface area contributed by atoms with Crippen LogP contribution in [0.25, 0.3) is 0 Å². The molecular weight excluding hydrogens is 409 g/mol. The summed E-state index contributed by atoms with van der Waals surface area (Å²) in [7, 11) is 1.52. The first-order valence-electron chi connectivity index (χ1n) is 5.61. The van der Waals surface area contributed by atoms with Crippen molar-refractivity contribution in [2.75, 3.05) is 12.4 Å². The van der Waals surface area contributed by atoms with E-state index in [-0.39, 0.29) is 5.91 Å². The minimum atomic E-state index is -0.285. The maximum atomic E-state index is 12.3. The van der Waals surface area contributed by atoms with E-state index in [1.807, 2.05) is 6.07 Å². The molecule has 1 N–H and O–H groups in total. The van der Waals surface area contributed by atoms with E-state index in [0.29, 0.717) is 22.0 Å². The highest BCUT2D eigenvalue weighted by atomic mass is 79.9. The number of methoxy groups -OCH3 is 1. The van der Waals surface area contributed by atoms with Gasteiger partial charge >= 0.3 is 0 Å². The molecule has 0 aliphatic rings. The number of carbonyl (C=O) groups excluding carboxylic acids is 1. The summed E-state index contributed by atoms with van der Waals surface area (Å²) >= 11 is 12.7. The predicted molar refractivity (Wildman–Crippen MR) is 87.8 cm³/mol. The van der Waals surface area contributed by atoms with Crippen molar-refractivity contribution in [3.05, 3.63) is 55.9 Å². The molecular formula is C14H10Br2ClNO2. The first kappa shape index (κ1) is 15.4. The van der Waals surface area contributed by atoms with Crippen LogP contribution in [0.1, 0.15) is 10.4 Å². The molecule has 1 amide bonds. The molecule has 2 aromatic carbocycles. The molecule has 0 aromatic heterocycles. The number of amides is 1. The molecule has 104 valence electrons. The quantitative estimate of drug-likeness (QED) is 0.749. The van der Waals surface area contributed by atoms with Crippen LogP contribution in [0, 0.1) is 0 Å². The van der Waals surface area contributed by atoms with Gasteiger partial charge in [-0.05, 0) is 36.4 Å². The molecule has 0 aliphatic carbocycles. The van der Waals surface area contributed by atoms with Gasteiger partial charge in [-0.1, -0.05) is 43.5 Å². The van der Waals surface area contributed by atoms with Gasteiger partial charge in [0.1, 0.15) is 5.75 Å². The standard InChI is InChI=1S/C14H10Br2ClNO2/c1-20-13-5-3-8(15)6-10(13)14(19)18-12-4-2-9(16)7-11(12)17/h2-7H,1H3,(H,18,19). The van der Waals surface area contributed by atoms with Crippen molar-refractivity contribution in [3.8, 4) is 5.75 Å². The highest BCUT2D eigenvalue weighted by Crippen LogP contribution is 2.28. The van der Waals surface area contributed by atoms with Crippen molar-refractivity contribution in [1.82, 2.24) is 0 Å². The van der Waals surface area contributed by atoms with Crippen molar-refractivity contribution in [1.29, 1.82) is 0 Å². The average Bonchev–Trinajstić information content (AvgIpc) is 2.41. The minimum absolute atomic E-state index is 0.285. The van der Waals surface area contributed by atoms with E-state index in [1.54, 1.807) is 30.3 Å². The van der Waals surface area contributed by atoms with E-state index in [4.69, 9.17) is 16.3 Å². The Labute approximate surface area is 138 Å². The maximum absolute atomic E-state index is 12.3. The van der Waals surface area contributed by atoms with Gasteiger partial charge in [-0.25, -0.2) is 0 Å². The van der Waals surface area contributed by atoms with Crippen molar-refractivity contribution >= 4 is 55.1 Å². The van der Waals surface area contributed by atoms with Crippen molar-refractivity contribution in [2.24, 2.45) is 0 Å². The molecule has 3 nitrogen and oxygen atoms in total. The fraction of sp³-hybridized carbons (Fsp3) is 0.0714. The van der Waals surface area contributed by atoms with E-state index in [1.165, 1.54) is 7.11 Å². The third-order valence-corrected chi connectivity index (χ3v) is 3.88. The summed E-state index contributed by atoms with van der Waals surface area (Å²) in [4.78, 5) is 12.3. The lowest BCUT2D eigenvalue weighted by atomic mass is 10.2. The SMILES string of the molecule is COc1ccc(Br)cc1C(=O)Nc1ccc(Br)cc1Cl. The van der Waals surface area contributed by atoms with Gasteiger partial charge in [0, 0.05) is 8.95 Å². The Balaban J connectivity index is 2.30. The summed E-state index contributed by atoms with van der Waals surface area (Å²) in [5, 5.41) is 3.22. The smallest absolute Gasteiger partial charge is 0.259 e. The van der Waals surface area contributed by atoms with Gasteiger partial charge in [-0.15, -0.1) is 0 Å². The van der Waals surface area contributed by atoms with Gasteiger partial charge in [-0.2, -0.15) is 0 Å². The molecule has 0 atom stereocenters. The highest BCUT2D eigenvalue weighted by Gasteiger charge is 2.14. The monoisotopic (exact) mass is 417 g/mol. The molecule has 2 aromatic rings. The summed E-state index contributed by atoms with van der Waals surface area (Å²) in [6, 6.07) is 10.5. The Bertz CT molecular complexity index is 662. The summed E-state index contributed by atoms with van der Waals surface area (Å²) in [5.41, 5.74) is 0.975. The van der Waals surface area contributed by atoms with E-state index in [2.05, 4.69) is 37.2 Å². The molecule has 0 heterocycles. The second-order valence-corrected chi connectivity index (χ2v) is 6.16. The lowest BCUT2D eigenvalue weighted by Crippen LogP contribution is -2.13. The van der Waals surface area contributed by atoms with Crippen LogP contribution in [0.5, 0.6) is 5.75 Å². The van der Waals surface area contributed by atoms with Crippen LogP contribution >= 0.6 is 43.5 Å². The first-order chi connectivity index (χ1) is 9.51. The first-order valence-corrected chi connectivity index (χ1v) is 7.57. The molecule has 0 radical (unpaired) electrons. The van der Waals surface area contributed by atoms with Gasteiger partial charge in [-0.3, -0.25) is 4.79 Å². The molecule has 0 saturated heterocycles. The maximum Gasteiger partial charge on any atom is 0.259 e. The topological polar surface area (TPSA) is 38.3 Å². The minimum Gasteiger partial charge on any atom is -0.496 e. The molecule has 0 aliphatic heterocycles. The number of benzene rings is 2. The number of halogens is 3. The van der Waals surface area contributed by atoms with Gasteiger partial charge in [0.15, 0.2) is 0 Å². The third kappa shape index (κ3) is 3.53. The van der Waals surface area contributed by atoms with E-state index >= 15 is 0 Å². The Hall–Kier alpha value is -1.04. The van der Waals surface area contributed by atoms with Gasteiger partial charge in [0.2, 0.25) is 0 Å². The zero-order valence-electron chi connectivity index (χ0n) is 10.4. The Morgan fingerprint density at radius 1 is 1.15 bits per heavy atom. The van der Waals surface area contributed by atoms with Crippen LogP contribution in [0.3, 0.4) is 0 Å². The zero-order chi connectivity index (χ0) is 14.7. The van der Waals surface area contributed by atoms with Crippen LogP contribution in [-0.2, 0) is 0 Å². The number of carbonyl (C=O) groups is 1. The number of hydrogen-bond acceptors (Lipinski definition) is 2. The largest absolute Gasteiger partial charge is 0.496 e. The molecule has 0 saturated carbocycles. The van der Waals surface area contributed by atoms with E-state index < -0.39 is 0 Å². The summed E-state index contributed by atoms with van der Waals surface area (Å²) in [6.45, 7) is 0. The highest BCUT2D eigenvalue weighted by molar-refractivity contribution is 9.10. The van der Waals surface area contributed by atoms with E-state index in [9.17, 15) is 4.79 Å². The molecule has 0 fully saturated rings. The van der Waals surface area contributed by atoms with Crippen LogP contribution in [0.4, 0.5) is 5.69 Å². The van der Waals surface area contributed by atoms with Crippen LogP contribution < -0.4 is 10.1 Å². The Kier molecular flexibility index (Phi) is 5.07. The Morgan fingerprint density at radius 3 is 2.45 bits per heavy atom. The van der Waals surface area contributed by atoms with Crippen molar-refractivity contribution in [2.45, 2.75) is 0 Å². The zero-order valence-corrected chi connectivity index (χ0v) is 14.3. The van der Waals surface area contributed by atoms with Crippen LogP contribution in [0.2, 0.25) is 5.02 Å². The van der Waals surface area contributed by atoms with Gasteiger partial charge in [0.25, 0.3) is 5.91 Å². The van der Waals surface area contributed by atoms with Crippen LogP contribution in [-0.4, -0.2) is 13.0 Å². The lowest BCUT2D eigenvalue weighted by Gasteiger charge is -2.11.